The number of carbonyl (C=O) groups excluding carboxylic acids is 1. The van der Waals surface area contributed by atoms with Crippen molar-refractivity contribution in [3.63, 3.8) is 0 Å². The quantitative estimate of drug-likeness (QED) is 0.932. The molecule has 5 nitrogen and oxygen atoms in total. The molecule has 1 heterocycles. The van der Waals surface area contributed by atoms with E-state index >= 15 is 0 Å². The highest BCUT2D eigenvalue weighted by atomic mass is 16.6. The smallest absolute Gasteiger partial charge is 0.410 e. The van der Waals surface area contributed by atoms with Crippen LogP contribution < -0.4 is 5.32 Å². The molecule has 1 aromatic rings. The predicted molar refractivity (Wildman–Crippen MR) is 93.0 cm³/mol. The average Bonchev–Trinajstić information content (AvgIpc) is 2.46. The van der Waals surface area contributed by atoms with Crippen LogP contribution in [0.1, 0.15) is 31.9 Å². The zero-order valence-corrected chi connectivity index (χ0v) is 14.6. The van der Waals surface area contributed by atoms with E-state index in [1.807, 2.05) is 20.8 Å². The van der Waals surface area contributed by atoms with Gasteiger partial charge in [-0.3, -0.25) is 9.89 Å². The molecule has 0 aromatic heterocycles. The number of carbonyl (C=O) groups is 1. The van der Waals surface area contributed by atoms with E-state index in [4.69, 9.17) is 4.74 Å². The maximum absolute atomic E-state index is 12.1. The van der Waals surface area contributed by atoms with E-state index in [-0.39, 0.29) is 6.09 Å². The van der Waals surface area contributed by atoms with Gasteiger partial charge < -0.3 is 10.1 Å². The Labute approximate surface area is 138 Å². The molecule has 1 aliphatic rings. The molecule has 1 aliphatic heterocycles. The third-order valence-electron chi connectivity index (χ3n) is 3.49. The number of hydrogen-bond donors (Lipinski definition) is 1. The minimum absolute atomic E-state index is 0.273. The molecule has 1 aromatic carbocycles. The van der Waals surface area contributed by atoms with Gasteiger partial charge in [0.1, 0.15) is 11.4 Å². The molecule has 0 fully saturated rings. The van der Waals surface area contributed by atoms with Crippen LogP contribution in [-0.2, 0) is 11.2 Å². The summed E-state index contributed by atoms with van der Waals surface area (Å²) in [5, 5.41) is 3.34. The van der Waals surface area contributed by atoms with Gasteiger partial charge in [0.15, 0.2) is 0 Å². The number of ether oxygens (including phenoxy) is 1. The number of nitrogens with zero attached hydrogens (tertiary/aromatic N) is 2. The van der Waals surface area contributed by atoms with Crippen molar-refractivity contribution in [1.82, 2.24) is 10.2 Å². The van der Waals surface area contributed by atoms with E-state index in [0.717, 1.165) is 18.8 Å². The third kappa shape index (κ3) is 5.93. The maximum atomic E-state index is 12.1. The van der Waals surface area contributed by atoms with Crippen LogP contribution in [0.5, 0.6) is 0 Å². The Balaban J connectivity index is 1.80. The number of amides is 1. The molecule has 0 unspecified atom stereocenters. The van der Waals surface area contributed by atoms with Crippen LogP contribution in [0.4, 0.5) is 4.79 Å². The highest BCUT2D eigenvalue weighted by Gasteiger charge is 2.24. The molecule has 1 N–H and O–H groups in total. The number of aryl methyl sites for hydroxylation is 1. The van der Waals surface area contributed by atoms with Crippen molar-refractivity contribution in [3.8, 4) is 0 Å². The fourth-order valence-electron chi connectivity index (χ4n) is 2.43. The molecule has 23 heavy (non-hydrogen) atoms. The molecule has 0 saturated carbocycles. The van der Waals surface area contributed by atoms with Crippen LogP contribution in [0.3, 0.4) is 0 Å². The molecule has 0 radical (unpaired) electrons. The summed E-state index contributed by atoms with van der Waals surface area (Å²) in [6.45, 7) is 10.3. The van der Waals surface area contributed by atoms with Crippen molar-refractivity contribution < 1.29 is 9.53 Å². The summed E-state index contributed by atoms with van der Waals surface area (Å²) < 4.78 is 5.42. The number of hydrogen-bond acceptors (Lipinski definition) is 4. The van der Waals surface area contributed by atoms with Crippen LogP contribution in [0.15, 0.2) is 29.3 Å². The first-order chi connectivity index (χ1) is 10.8. The van der Waals surface area contributed by atoms with Crippen LogP contribution >= 0.6 is 0 Å². The van der Waals surface area contributed by atoms with E-state index in [9.17, 15) is 4.79 Å². The van der Waals surface area contributed by atoms with Gasteiger partial charge >= 0.3 is 6.09 Å². The van der Waals surface area contributed by atoms with Crippen LogP contribution in [-0.4, -0.2) is 48.6 Å². The predicted octanol–water partition coefficient (Wildman–Crippen LogP) is 2.78. The van der Waals surface area contributed by atoms with Gasteiger partial charge in [0.2, 0.25) is 0 Å². The number of rotatable bonds is 3. The van der Waals surface area contributed by atoms with Crippen molar-refractivity contribution in [2.24, 2.45) is 4.99 Å². The number of nitrogens with one attached hydrogen (secondary N) is 1. The average molecular weight is 317 g/mol. The van der Waals surface area contributed by atoms with E-state index in [1.54, 1.807) is 4.90 Å². The first-order valence-corrected chi connectivity index (χ1v) is 8.14. The highest BCUT2D eigenvalue weighted by Crippen LogP contribution is 2.11. The van der Waals surface area contributed by atoms with Crippen LogP contribution in [0.25, 0.3) is 0 Å². The van der Waals surface area contributed by atoms with Crippen molar-refractivity contribution in [2.75, 3.05) is 26.2 Å². The zero-order chi connectivity index (χ0) is 16.9. The second kappa shape index (κ2) is 7.49. The van der Waals surface area contributed by atoms with Crippen LogP contribution in [0, 0.1) is 6.92 Å². The fourth-order valence-corrected chi connectivity index (χ4v) is 2.43. The van der Waals surface area contributed by atoms with Crippen molar-refractivity contribution in [1.29, 1.82) is 0 Å². The molecule has 5 heteroatoms. The fraction of sp³-hybridized carbons (Fsp3) is 0.556. The number of benzene rings is 1. The summed E-state index contributed by atoms with van der Waals surface area (Å²) in [6, 6.07) is 8.50. The second-order valence-corrected chi connectivity index (χ2v) is 6.90. The highest BCUT2D eigenvalue weighted by molar-refractivity contribution is 5.87. The first kappa shape index (κ1) is 17.3. The SMILES string of the molecule is Cc1cccc(CCNC2=NCCN(C(=O)OC(C)(C)C)C2)c1. The number of amidine groups is 1. The van der Waals surface area contributed by atoms with Gasteiger partial charge in [-0.1, -0.05) is 29.8 Å². The lowest BCUT2D eigenvalue weighted by Crippen LogP contribution is -2.47. The van der Waals surface area contributed by atoms with Gasteiger partial charge in [-0.05, 0) is 39.7 Å². The van der Waals surface area contributed by atoms with Gasteiger partial charge in [0, 0.05) is 13.1 Å². The summed E-state index contributed by atoms with van der Waals surface area (Å²) in [6.07, 6.45) is 0.665. The summed E-state index contributed by atoms with van der Waals surface area (Å²) >= 11 is 0. The molecule has 2 rings (SSSR count). The number of aliphatic imine (C=N–C) groups is 1. The van der Waals surface area contributed by atoms with Crippen molar-refractivity contribution in [3.05, 3.63) is 35.4 Å². The molecule has 1 amide bonds. The zero-order valence-electron chi connectivity index (χ0n) is 14.6. The Bertz CT molecular complexity index is 576. The lowest BCUT2D eigenvalue weighted by Gasteiger charge is -2.30. The Kier molecular flexibility index (Phi) is 5.64. The Morgan fingerprint density at radius 2 is 2.17 bits per heavy atom. The van der Waals surface area contributed by atoms with Gasteiger partial charge in [0.05, 0.1) is 13.1 Å². The van der Waals surface area contributed by atoms with E-state index in [1.165, 1.54) is 11.1 Å². The monoisotopic (exact) mass is 317 g/mol. The molecule has 0 aliphatic carbocycles. The summed E-state index contributed by atoms with van der Waals surface area (Å²) in [4.78, 5) is 18.3. The van der Waals surface area contributed by atoms with Crippen LogP contribution in [0.2, 0.25) is 0 Å². The summed E-state index contributed by atoms with van der Waals surface area (Å²) in [5.41, 5.74) is 2.11. The van der Waals surface area contributed by atoms with Gasteiger partial charge in [-0.2, -0.15) is 0 Å². The largest absolute Gasteiger partial charge is 0.444 e. The Hall–Kier alpha value is -2.04. The Morgan fingerprint density at radius 3 is 2.87 bits per heavy atom. The molecule has 126 valence electrons. The maximum Gasteiger partial charge on any atom is 0.410 e. The third-order valence-corrected chi connectivity index (χ3v) is 3.49. The normalized spacial score (nSPS) is 15.1. The van der Waals surface area contributed by atoms with Gasteiger partial charge in [-0.25, -0.2) is 4.79 Å². The Morgan fingerprint density at radius 1 is 1.39 bits per heavy atom. The molecule has 0 bridgehead atoms. The van der Waals surface area contributed by atoms with Crippen molar-refractivity contribution >= 4 is 11.9 Å². The standard InChI is InChI=1S/C18H27N3O2/c1-14-6-5-7-15(12-14)8-9-19-16-13-21(11-10-20-16)17(22)23-18(2,3)4/h5-7,12H,8-11,13H2,1-4H3,(H,19,20). The topological polar surface area (TPSA) is 53.9 Å². The molecule has 0 atom stereocenters. The molecular formula is C18H27N3O2. The molecule has 0 spiro atoms. The minimum Gasteiger partial charge on any atom is -0.444 e. The summed E-state index contributed by atoms with van der Waals surface area (Å²) in [7, 11) is 0. The summed E-state index contributed by atoms with van der Waals surface area (Å²) in [5.74, 6) is 0.856. The lowest BCUT2D eigenvalue weighted by molar-refractivity contribution is 0.0276. The molecular weight excluding hydrogens is 290 g/mol. The van der Waals surface area contributed by atoms with Gasteiger partial charge in [0.25, 0.3) is 0 Å². The van der Waals surface area contributed by atoms with E-state index in [2.05, 4.69) is 41.5 Å². The van der Waals surface area contributed by atoms with Crippen molar-refractivity contribution in [2.45, 2.75) is 39.7 Å². The minimum atomic E-state index is -0.468. The lowest BCUT2D eigenvalue weighted by atomic mass is 10.1. The van der Waals surface area contributed by atoms with E-state index in [0.29, 0.717) is 19.6 Å². The second-order valence-electron chi connectivity index (χ2n) is 6.90. The first-order valence-electron chi connectivity index (χ1n) is 8.14. The molecule has 0 saturated heterocycles. The van der Waals surface area contributed by atoms with Gasteiger partial charge in [-0.15, -0.1) is 0 Å². The van der Waals surface area contributed by atoms with E-state index < -0.39 is 5.60 Å².